The fourth-order valence-corrected chi connectivity index (χ4v) is 6.31. The molecule has 6 rings (SSSR count). The summed E-state index contributed by atoms with van der Waals surface area (Å²) in [7, 11) is 1.22. The number of aromatic nitrogens is 1. The highest BCUT2D eigenvalue weighted by molar-refractivity contribution is 7.14. The summed E-state index contributed by atoms with van der Waals surface area (Å²) in [6.45, 7) is 3.71. The fourth-order valence-electron chi connectivity index (χ4n) is 5.56. The number of thiazole rings is 1. The van der Waals surface area contributed by atoms with Gasteiger partial charge in [0.25, 0.3) is 0 Å². The minimum Gasteiger partial charge on any atom is -0.464 e. The van der Waals surface area contributed by atoms with E-state index in [9.17, 15) is 9.59 Å². The molecule has 1 N–H and O–H groups in total. The van der Waals surface area contributed by atoms with Gasteiger partial charge in [-0.15, -0.1) is 11.3 Å². The average Bonchev–Trinajstić information content (AvgIpc) is 3.65. The Kier molecular flexibility index (Phi) is 10.6. The molecule has 0 aliphatic heterocycles. The second-order valence-corrected chi connectivity index (χ2v) is 11.9. The Hall–Kier alpha value is -6.32. The number of ether oxygens (including phenoxy) is 2. The Bertz CT molecular complexity index is 1930. The van der Waals surface area contributed by atoms with Gasteiger partial charge in [-0.2, -0.15) is 0 Å². The van der Waals surface area contributed by atoms with Crippen molar-refractivity contribution in [2.45, 2.75) is 11.6 Å². The van der Waals surface area contributed by atoms with Crippen LogP contribution >= 0.6 is 11.3 Å². The van der Waals surface area contributed by atoms with Crippen molar-refractivity contribution in [1.29, 1.82) is 0 Å². The Labute approximate surface area is 294 Å². The number of anilines is 1. The van der Waals surface area contributed by atoms with Gasteiger partial charge in [0.15, 0.2) is 11.2 Å². The second kappa shape index (κ2) is 15.7. The van der Waals surface area contributed by atoms with E-state index in [2.05, 4.69) is 53.4 Å². The first-order valence-corrected chi connectivity index (χ1v) is 16.6. The van der Waals surface area contributed by atoms with Gasteiger partial charge in [0.2, 0.25) is 11.5 Å². The summed E-state index contributed by atoms with van der Waals surface area (Å²) < 4.78 is 10.8. The zero-order valence-corrected chi connectivity index (χ0v) is 28.0. The molecule has 0 unspecified atom stereocenters. The molecule has 9 heteroatoms. The lowest BCUT2D eigenvalue weighted by Gasteiger charge is -2.36. The van der Waals surface area contributed by atoms with Crippen LogP contribution in [0.4, 0.5) is 5.13 Å². The fraction of sp³-hybridized carbons (Fsp3) is 0.0732. The number of carbonyl (C=O) groups is 2. The van der Waals surface area contributed by atoms with E-state index >= 15 is 0 Å². The standard InChI is InChI=1S/C41H33N3O5S/c1-29(38(45)48-37(30-18-8-3-9-19-30)31-20-10-4-11-21-31)49-44-36(39(46)47-2)35-28-50-40(42-35)43-41(32-22-12-5-13-23-32,33-24-14-6-15-25-33)34-26-16-7-17-27-34/h3-28,37H,1H2,2H3,(H,42,43)/b44-36-. The maximum absolute atomic E-state index is 13.2. The first-order valence-electron chi connectivity index (χ1n) is 15.7. The quantitative estimate of drug-likeness (QED) is 0.0328. The van der Waals surface area contributed by atoms with Crippen molar-refractivity contribution in [1.82, 2.24) is 4.98 Å². The van der Waals surface area contributed by atoms with E-state index in [1.54, 1.807) is 5.38 Å². The van der Waals surface area contributed by atoms with Crippen molar-refractivity contribution in [2.75, 3.05) is 12.4 Å². The monoisotopic (exact) mass is 679 g/mol. The Balaban J connectivity index is 1.29. The van der Waals surface area contributed by atoms with E-state index in [4.69, 9.17) is 19.3 Å². The van der Waals surface area contributed by atoms with Crippen molar-refractivity contribution in [3.8, 4) is 0 Å². The van der Waals surface area contributed by atoms with Gasteiger partial charge in [0.1, 0.15) is 11.2 Å². The van der Waals surface area contributed by atoms with Crippen LogP contribution in [-0.4, -0.2) is 29.7 Å². The molecule has 0 saturated heterocycles. The molecule has 50 heavy (non-hydrogen) atoms. The minimum atomic E-state index is -0.852. The molecular formula is C41H33N3O5S. The van der Waals surface area contributed by atoms with Gasteiger partial charge < -0.3 is 19.6 Å². The molecule has 0 amide bonds. The summed E-state index contributed by atoms with van der Waals surface area (Å²) in [5, 5.41) is 9.82. The van der Waals surface area contributed by atoms with Crippen LogP contribution in [0.15, 0.2) is 175 Å². The van der Waals surface area contributed by atoms with Crippen LogP contribution in [0.3, 0.4) is 0 Å². The van der Waals surface area contributed by atoms with E-state index in [0.29, 0.717) is 5.13 Å². The number of oxime groups is 1. The number of hydrogen-bond acceptors (Lipinski definition) is 9. The van der Waals surface area contributed by atoms with E-state index in [-0.39, 0.29) is 11.4 Å². The second-order valence-electron chi connectivity index (χ2n) is 11.1. The summed E-state index contributed by atoms with van der Waals surface area (Å²) in [6, 6.07) is 48.8. The van der Waals surface area contributed by atoms with Gasteiger partial charge in [0.05, 0.1) is 7.11 Å². The lowest BCUT2D eigenvalue weighted by Crippen LogP contribution is -2.38. The van der Waals surface area contributed by atoms with E-state index in [1.807, 2.05) is 115 Å². The molecule has 0 spiro atoms. The van der Waals surface area contributed by atoms with Crippen LogP contribution in [0.25, 0.3) is 0 Å². The first kappa shape index (κ1) is 33.6. The molecular weight excluding hydrogens is 647 g/mol. The van der Waals surface area contributed by atoms with Gasteiger partial charge in [-0.05, 0) is 34.4 Å². The third-order valence-electron chi connectivity index (χ3n) is 7.94. The largest absolute Gasteiger partial charge is 0.464 e. The number of benzene rings is 5. The van der Waals surface area contributed by atoms with Crippen LogP contribution in [0, 0.1) is 0 Å². The SMILES string of the molecule is C=C(O/N=C(\C(=O)OC)c1csc(NC(c2ccccc2)(c2ccccc2)c2ccccc2)n1)C(=O)OC(c1ccccc1)c1ccccc1. The number of carbonyl (C=O) groups excluding carboxylic acids is 2. The molecule has 6 aromatic rings. The summed E-state index contributed by atoms with van der Waals surface area (Å²) in [5.41, 5.74) is 3.57. The normalized spacial score (nSPS) is 11.4. The van der Waals surface area contributed by atoms with Gasteiger partial charge in [-0.1, -0.05) is 157 Å². The molecule has 5 aromatic carbocycles. The van der Waals surface area contributed by atoms with Gasteiger partial charge in [-0.25, -0.2) is 14.6 Å². The van der Waals surface area contributed by atoms with E-state index in [1.165, 1.54) is 18.4 Å². The molecule has 0 bridgehead atoms. The maximum atomic E-state index is 13.2. The number of methoxy groups -OCH3 is 1. The highest BCUT2D eigenvalue weighted by Gasteiger charge is 2.37. The lowest BCUT2D eigenvalue weighted by atomic mass is 9.77. The molecule has 0 saturated carbocycles. The highest BCUT2D eigenvalue weighted by atomic mass is 32.1. The third-order valence-corrected chi connectivity index (χ3v) is 8.70. The minimum absolute atomic E-state index is 0.181. The van der Waals surface area contributed by atoms with Gasteiger partial charge in [0, 0.05) is 5.38 Å². The van der Waals surface area contributed by atoms with Crippen molar-refractivity contribution in [3.63, 3.8) is 0 Å². The molecule has 1 aromatic heterocycles. The summed E-state index contributed by atoms with van der Waals surface area (Å²) in [5.74, 6) is -2.09. The molecule has 0 atom stereocenters. The first-order chi connectivity index (χ1) is 24.5. The Morgan fingerprint density at radius 3 is 1.58 bits per heavy atom. The Morgan fingerprint density at radius 1 is 0.700 bits per heavy atom. The van der Waals surface area contributed by atoms with E-state index < -0.39 is 29.3 Å². The molecule has 0 aliphatic rings. The number of rotatable bonds is 13. The summed E-state index contributed by atoms with van der Waals surface area (Å²) in [4.78, 5) is 36.3. The number of hydrogen-bond donors (Lipinski definition) is 1. The zero-order valence-electron chi connectivity index (χ0n) is 27.1. The van der Waals surface area contributed by atoms with Crippen molar-refractivity contribution >= 4 is 34.1 Å². The number of nitrogens with one attached hydrogen (secondary N) is 1. The lowest BCUT2D eigenvalue weighted by molar-refractivity contribution is -0.147. The van der Waals surface area contributed by atoms with Crippen LogP contribution in [0.2, 0.25) is 0 Å². The zero-order chi connectivity index (χ0) is 34.8. The summed E-state index contributed by atoms with van der Waals surface area (Å²) >= 11 is 1.28. The van der Waals surface area contributed by atoms with Crippen molar-refractivity contribution in [3.05, 3.63) is 203 Å². The molecule has 0 radical (unpaired) electrons. The van der Waals surface area contributed by atoms with Crippen molar-refractivity contribution < 1.29 is 23.9 Å². The number of nitrogens with zero attached hydrogens (tertiary/aromatic N) is 2. The molecule has 248 valence electrons. The summed E-state index contributed by atoms with van der Waals surface area (Å²) in [6.07, 6.45) is -0.722. The van der Waals surface area contributed by atoms with Crippen LogP contribution in [-0.2, 0) is 29.4 Å². The predicted molar refractivity (Wildman–Crippen MR) is 195 cm³/mol. The topological polar surface area (TPSA) is 99.1 Å². The van der Waals surface area contributed by atoms with Crippen molar-refractivity contribution in [2.24, 2.45) is 5.16 Å². The Morgan fingerprint density at radius 2 is 1.14 bits per heavy atom. The molecule has 1 heterocycles. The average molecular weight is 680 g/mol. The third kappa shape index (κ3) is 7.38. The maximum Gasteiger partial charge on any atom is 0.377 e. The van der Waals surface area contributed by atoms with Gasteiger partial charge >= 0.3 is 11.9 Å². The molecule has 0 fully saturated rings. The smallest absolute Gasteiger partial charge is 0.377 e. The number of esters is 2. The molecule has 8 nitrogen and oxygen atoms in total. The van der Waals surface area contributed by atoms with E-state index in [0.717, 1.165) is 27.8 Å². The van der Waals surface area contributed by atoms with Crippen LogP contribution in [0.1, 0.15) is 39.6 Å². The highest BCUT2D eigenvalue weighted by Crippen LogP contribution is 2.40. The predicted octanol–water partition coefficient (Wildman–Crippen LogP) is 8.29. The van der Waals surface area contributed by atoms with Crippen LogP contribution in [0.5, 0.6) is 0 Å². The molecule has 0 aliphatic carbocycles. The van der Waals surface area contributed by atoms with Crippen LogP contribution < -0.4 is 5.32 Å². The van der Waals surface area contributed by atoms with Gasteiger partial charge in [-0.3, -0.25) is 0 Å².